The monoisotopic (exact) mass is 330 g/mol. The van der Waals surface area contributed by atoms with E-state index in [1.54, 1.807) is 6.07 Å². The minimum Gasteiger partial charge on any atom is -0.348 e. The molecule has 1 aliphatic rings. The molecule has 1 aromatic heterocycles. The van der Waals surface area contributed by atoms with Gasteiger partial charge in [-0.2, -0.15) is 0 Å². The zero-order chi connectivity index (χ0) is 16.2. The van der Waals surface area contributed by atoms with E-state index in [0.717, 1.165) is 16.2 Å². The third-order valence-electron chi connectivity index (χ3n) is 4.95. The van der Waals surface area contributed by atoms with E-state index in [4.69, 9.17) is 5.14 Å². The van der Waals surface area contributed by atoms with Crippen molar-refractivity contribution in [1.29, 1.82) is 0 Å². The van der Waals surface area contributed by atoms with E-state index in [9.17, 15) is 13.2 Å². The number of carbonyl (C=O) groups is 1. The molecule has 1 atom stereocenters. The number of nitrogens with one attached hydrogen (secondary N) is 1. The highest BCUT2D eigenvalue weighted by Crippen LogP contribution is 2.68. The van der Waals surface area contributed by atoms with E-state index < -0.39 is 10.0 Å². The molecule has 0 aromatic carbocycles. The quantitative estimate of drug-likeness (QED) is 0.887. The van der Waals surface area contributed by atoms with Crippen LogP contribution in [0.1, 0.15) is 45.5 Å². The minimum atomic E-state index is -3.68. The summed E-state index contributed by atoms with van der Waals surface area (Å²) in [5, 5.41) is 8.07. The first-order valence-electron chi connectivity index (χ1n) is 6.82. The van der Waals surface area contributed by atoms with E-state index in [0.29, 0.717) is 0 Å². The van der Waals surface area contributed by atoms with E-state index >= 15 is 0 Å². The second kappa shape index (κ2) is 4.79. The van der Waals surface area contributed by atoms with E-state index in [2.05, 4.69) is 33.0 Å². The summed E-state index contributed by atoms with van der Waals surface area (Å²) in [6, 6.07) is 2.94. The fourth-order valence-corrected chi connectivity index (χ4v) is 4.69. The molecule has 0 spiro atoms. The molecular weight excluding hydrogens is 308 g/mol. The fraction of sp³-hybridized carbons (Fsp3) is 0.643. The molecule has 1 heterocycles. The predicted octanol–water partition coefficient (Wildman–Crippen LogP) is 2.25. The van der Waals surface area contributed by atoms with Crippen molar-refractivity contribution in [2.75, 3.05) is 0 Å². The lowest BCUT2D eigenvalue weighted by Crippen LogP contribution is -2.29. The molecule has 0 bridgehead atoms. The van der Waals surface area contributed by atoms with Gasteiger partial charge >= 0.3 is 0 Å². The van der Waals surface area contributed by atoms with Gasteiger partial charge in [0.05, 0.1) is 6.04 Å². The minimum absolute atomic E-state index is 0.0159. The Hall–Kier alpha value is -0.920. The molecule has 3 N–H and O–H groups in total. The van der Waals surface area contributed by atoms with Crippen LogP contribution in [-0.2, 0) is 14.8 Å². The van der Waals surface area contributed by atoms with Crippen molar-refractivity contribution in [3.05, 3.63) is 17.0 Å². The van der Waals surface area contributed by atoms with Gasteiger partial charge in [-0.15, -0.1) is 11.3 Å². The summed E-state index contributed by atoms with van der Waals surface area (Å²) in [4.78, 5) is 13.2. The Morgan fingerprint density at radius 2 is 1.81 bits per heavy atom. The summed E-state index contributed by atoms with van der Waals surface area (Å²) >= 11 is 1.09. The summed E-state index contributed by atoms with van der Waals surface area (Å²) < 4.78 is 22.7. The molecule has 1 aromatic rings. The Balaban J connectivity index is 2.08. The molecule has 7 heteroatoms. The van der Waals surface area contributed by atoms with Crippen LogP contribution in [0.2, 0.25) is 0 Å². The van der Waals surface area contributed by atoms with Crippen LogP contribution < -0.4 is 10.5 Å². The van der Waals surface area contributed by atoms with Gasteiger partial charge in [0.1, 0.15) is 4.21 Å². The lowest BCUT2D eigenvalue weighted by Gasteiger charge is -2.13. The molecule has 0 radical (unpaired) electrons. The molecular formula is C14H22N2O3S2. The number of thiophene rings is 1. The highest BCUT2D eigenvalue weighted by molar-refractivity contribution is 7.91. The standard InChI is InChI=1S/C14H22N2O3S2/c1-8(9-6-7-10(20-9)21(15,18)19)16-12(17)11-13(2,3)14(11,4)5/h6-8,11H,1-5H3,(H,16,17)(H2,15,18,19). The molecule has 0 aliphatic heterocycles. The van der Waals surface area contributed by atoms with Gasteiger partial charge in [-0.25, -0.2) is 13.6 Å². The van der Waals surface area contributed by atoms with Crippen molar-refractivity contribution < 1.29 is 13.2 Å². The smallest absolute Gasteiger partial charge is 0.247 e. The van der Waals surface area contributed by atoms with Gasteiger partial charge in [0.25, 0.3) is 0 Å². The molecule has 2 rings (SSSR count). The summed E-state index contributed by atoms with van der Waals surface area (Å²) in [5.74, 6) is -0.00632. The number of amides is 1. The largest absolute Gasteiger partial charge is 0.348 e. The van der Waals surface area contributed by atoms with Crippen molar-refractivity contribution in [3.63, 3.8) is 0 Å². The van der Waals surface area contributed by atoms with Crippen LogP contribution in [0, 0.1) is 16.7 Å². The first-order chi connectivity index (χ1) is 9.39. The molecule has 118 valence electrons. The third-order valence-corrected chi connectivity index (χ3v) is 7.66. The van der Waals surface area contributed by atoms with Crippen molar-refractivity contribution in [2.24, 2.45) is 21.9 Å². The van der Waals surface area contributed by atoms with Crippen LogP contribution in [0.3, 0.4) is 0 Å². The molecule has 1 unspecified atom stereocenters. The van der Waals surface area contributed by atoms with Crippen molar-refractivity contribution >= 4 is 27.3 Å². The number of hydrogen-bond donors (Lipinski definition) is 2. The number of nitrogens with two attached hydrogens (primary N) is 1. The van der Waals surface area contributed by atoms with Crippen LogP contribution in [-0.4, -0.2) is 14.3 Å². The number of hydrogen-bond acceptors (Lipinski definition) is 4. The second-order valence-corrected chi connectivity index (χ2v) is 9.71. The first-order valence-corrected chi connectivity index (χ1v) is 9.18. The van der Waals surface area contributed by atoms with Crippen LogP contribution in [0.25, 0.3) is 0 Å². The SMILES string of the molecule is CC(NC(=O)C1C(C)(C)C1(C)C)c1ccc(S(N)(=O)=O)s1. The normalized spacial score (nSPS) is 21.8. The number of carbonyl (C=O) groups excluding carboxylic acids is 1. The summed E-state index contributed by atoms with van der Waals surface area (Å²) in [6.45, 7) is 10.2. The van der Waals surface area contributed by atoms with Crippen molar-refractivity contribution in [2.45, 2.75) is 44.9 Å². The van der Waals surface area contributed by atoms with Gasteiger partial charge in [-0.1, -0.05) is 27.7 Å². The van der Waals surface area contributed by atoms with Gasteiger partial charge in [-0.3, -0.25) is 4.79 Å². The Morgan fingerprint density at radius 1 is 1.29 bits per heavy atom. The van der Waals surface area contributed by atoms with Gasteiger partial charge in [0.15, 0.2) is 0 Å². The average molecular weight is 330 g/mol. The molecule has 1 amide bonds. The lowest BCUT2D eigenvalue weighted by atomic mass is 10.0. The highest BCUT2D eigenvalue weighted by atomic mass is 32.2. The van der Waals surface area contributed by atoms with Crippen LogP contribution in [0.15, 0.2) is 16.3 Å². The summed E-state index contributed by atoms with van der Waals surface area (Å²) in [5.41, 5.74) is -0.0317. The number of sulfonamides is 1. The zero-order valence-electron chi connectivity index (χ0n) is 12.9. The van der Waals surface area contributed by atoms with E-state index in [-0.39, 0.29) is 32.9 Å². The van der Waals surface area contributed by atoms with Crippen molar-refractivity contribution in [1.82, 2.24) is 5.32 Å². The maximum Gasteiger partial charge on any atom is 0.247 e. The third kappa shape index (κ3) is 2.74. The van der Waals surface area contributed by atoms with Gasteiger partial charge in [-0.05, 0) is 29.9 Å². The lowest BCUT2D eigenvalue weighted by molar-refractivity contribution is -0.124. The number of primary sulfonamides is 1. The zero-order valence-corrected chi connectivity index (χ0v) is 14.6. The van der Waals surface area contributed by atoms with Crippen LogP contribution in [0.5, 0.6) is 0 Å². The highest BCUT2D eigenvalue weighted by Gasteiger charge is 2.68. The molecule has 1 aliphatic carbocycles. The van der Waals surface area contributed by atoms with Gasteiger partial charge in [0, 0.05) is 10.8 Å². The molecule has 1 saturated carbocycles. The summed E-state index contributed by atoms with van der Waals surface area (Å²) in [7, 11) is -3.68. The molecule has 21 heavy (non-hydrogen) atoms. The molecule has 5 nitrogen and oxygen atoms in total. The maximum absolute atomic E-state index is 12.4. The average Bonchev–Trinajstić information content (AvgIpc) is 2.69. The first kappa shape index (κ1) is 16.5. The number of rotatable bonds is 4. The fourth-order valence-electron chi connectivity index (χ4n) is 2.94. The van der Waals surface area contributed by atoms with Gasteiger partial charge in [0.2, 0.25) is 15.9 Å². The Kier molecular flexibility index (Phi) is 3.75. The predicted molar refractivity (Wildman–Crippen MR) is 83.3 cm³/mol. The second-order valence-electron chi connectivity index (χ2n) is 6.81. The van der Waals surface area contributed by atoms with Crippen molar-refractivity contribution in [3.8, 4) is 0 Å². The Morgan fingerprint density at radius 3 is 2.19 bits per heavy atom. The van der Waals surface area contributed by atoms with E-state index in [1.165, 1.54) is 6.07 Å². The summed E-state index contributed by atoms with van der Waals surface area (Å²) in [6.07, 6.45) is 0. The molecule has 1 fully saturated rings. The van der Waals surface area contributed by atoms with Gasteiger partial charge < -0.3 is 5.32 Å². The van der Waals surface area contributed by atoms with E-state index in [1.807, 2.05) is 6.92 Å². The Labute approximate surface area is 130 Å². The van der Waals surface area contributed by atoms with Crippen LogP contribution in [0.4, 0.5) is 0 Å². The topological polar surface area (TPSA) is 89.3 Å². The Bertz CT molecular complexity index is 660. The van der Waals surface area contributed by atoms with Crippen LogP contribution >= 0.6 is 11.3 Å². The maximum atomic E-state index is 12.4. The molecule has 0 saturated heterocycles.